The fraction of sp³-hybridized carbons (Fsp3) is 0.867. The molecule has 1 fully saturated rings. The van der Waals surface area contributed by atoms with Crippen molar-refractivity contribution in [2.75, 3.05) is 0 Å². The van der Waals surface area contributed by atoms with Gasteiger partial charge in [-0.05, 0) is 54.8 Å². The molecule has 0 spiro atoms. The summed E-state index contributed by atoms with van der Waals surface area (Å²) in [4.78, 5) is 0. The molecular weight excluding hydrogens is 180 g/mol. The van der Waals surface area contributed by atoms with Crippen molar-refractivity contribution in [2.24, 2.45) is 29.1 Å². The Kier molecular flexibility index (Phi) is 1.92. The second-order valence-corrected chi connectivity index (χ2v) is 6.80. The predicted octanol–water partition coefficient (Wildman–Crippen LogP) is 4.42. The number of hydrogen-bond donors (Lipinski definition) is 0. The van der Waals surface area contributed by atoms with Crippen LogP contribution >= 0.6 is 0 Å². The second kappa shape index (κ2) is 2.90. The molecule has 0 aliphatic heterocycles. The molecule has 3 aliphatic rings. The van der Waals surface area contributed by atoms with E-state index < -0.39 is 0 Å². The Morgan fingerprint density at radius 2 is 1.73 bits per heavy atom. The van der Waals surface area contributed by atoms with Crippen molar-refractivity contribution in [1.29, 1.82) is 0 Å². The van der Waals surface area contributed by atoms with E-state index in [2.05, 4.69) is 27.7 Å². The third kappa shape index (κ3) is 1.20. The first-order valence-electron chi connectivity index (χ1n) is 6.76. The zero-order chi connectivity index (χ0) is 10.8. The van der Waals surface area contributed by atoms with Gasteiger partial charge in [-0.2, -0.15) is 0 Å². The van der Waals surface area contributed by atoms with Crippen LogP contribution in [0.2, 0.25) is 0 Å². The van der Waals surface area contributed by atoms with Gasteiger partial charge in [0.2, 0.25) is 0 Å². The highest BCUT2D eigenvalue weighted by Gasteiger charge is 2.61. The summed E-state index contributed by atoms with van der Waals surface area (Å²) in [5.74, 6) is 3.78. The van der Waals surface area contributed by atoms with Crippen molar-refractivity contribution >= 4 is 0 Å². The van der Waals surface area contributed by atoms with E-state index in [4.69, 9.17) is 0 Å². The highest BCUT2D eigenvalue weighted by Crippen LogP contribution is 2.68. The highest BCUT2D eigenvalue weighted by atomic mass is 14.6. The molecule has 0 radical (unpaired) electrons. The van der Waals surface area contributed by atoms with Crippen LogP contribution in [0.15, 0.2) is 11.1 Å². The van der Waals surface area contributed by atoms with Crippen LogP contribution in [0.25, 0.3) is 0 Å². The molecule has 1 saturated carbocycles. The van der Waals surface area contributed by atoms with Crippen molar-refractivity contribution < 1.29 is 0 Å². The zero-order valence-corrected chi connectivity index (χ0v) is 10.6. The Bertz CT molecular complexity index is 321. The van der Waals surface area contributed by atoms with Crippen LogP contribution in [0.4, 0.5) is 0 Å². The first kappa shape index (κ1) is 9.93. The Hall–Kier alpha value is -0.260. The molecule has 0 aromatic heterocycles. The van der Waals surface area contributed by atoms with Crippen molar-refractivity contribution in [2.45, 2.75) is 53.4 Å². The lowest BCUT2D eigenvalue weighted by Gasteiger charge is -2.17. The third-order valence-corrected chi connectivity index (χ3v) is 5.64. The fourth-order valence-corrected chi connectivity index (χ4v) is 4.53. The van der Waals surface area contributed by atoms with Gasteiger partial charge >= 0.3 is 0 Å². The summed E-state index contributed by atoms with van der Waals surface area (Å²) in [5, 5.41) is 0. The van der Waals surface area contributed by atoms with Gasteiger partial charge in [0, 0.05) is 0 Å². The van der Waals surface area contributed by atoms with E-state index in [1.807, 2.05) is 11.1 Å². The fourth-order valence-electron chi connectivity index (χ4n) is 4.53. The Morgan fingerprint density at radius 1 is 1.00 bits per heavy atom. The number of rotatable bonds is 0. The molecule has 0 aromatic carbocycles. The molecule has 0 N–H and O–H groups in total. The molecule has 1 unspecified atom stereocenters. The van der Waals surface area contributed by atoms with Gasteiger partial charge in [0.05, 0.1) is 0 Å². The molecule has 4 atom stereocenters. The summed E-state index contributed by atoms with van der Waals surface area (Å²) in [5.41, 5.74) is 4.43. The molecular formula is C15H24. The summed E-state index contributed by atoms with van der Waals surface area (Å²) < 4.78 is 0. The third-order valence-electron chi connectivity index (χ3n) is 5.64. The van der Waals surface area contributed by atoms with E-state index in [1.165, 1.54) is 25.7 Å². The lowest BCUT2D eigenvalue weighted by Crippen LogP contribution is -2.05. The van der Waals surface area contributed by atoms with Crippen LogP contribution in [0.5, 0.6) is 0 Å². The number of fused-ring (bicyclic) bond motifs is 2. The van der Waals surface area contributed by atoms with Crippen molar-refractivity contribution in [3.8, 4) is 0 Å². The molecule has 0 bridgehead atoms. The maximum atomic E-state index is 2.49. The van der Waals surface area contributed by atoms with Gasteiger partial charge in [-0.3, -0.25) is 0 Å². The molecule has 0 heterocycles. The van der Waals surface area contributed by atoms with Crippen LogP contribution in [0.1, 0.15) is 53.4 Å². The first-order chi connectivity index (χ1) is 7.03. The maximum Gasteiger partial charge on any atom is -0.0110 e. The Labute approximate surface area is 94.1 Å². The second-order valence-electron chi connectivity index (χ2n) is 6.80. The van der Waals surface area contributed by atoms with E-state index in [1.54, 1.807) is 0 Å². The first-order valence-corrected chi connectivity index (χ1v) is 6.76. The molecule has 0 saturated heterocycles. The highest BCUT2D eigenvalue weighted by molar-refractivity contribution is 5.36. The van der Waals surface area contributed by atoms with Gasteiger partial charge < -0.3 is 0 Å². The SMILES string of the molecule is CC1CCC2=C1[C@@H]1[C@H](CC[C@H]2C)C1(C)C. The summed E-state index contributed by atoms with van der Waals surface area (Å²) in [6.45, 7) is 9.92. The van der Waals surface area contributed by atoms with Gasteiger partial charge in [-0.1, -0.05) is 38.8 Å². The van der Waals surface area contributed by atoms with Gasteiger partial charge in [0.1, 0.15) is 0 Å². The molecule has 0 nitrogen and oxygen atoms in total. The molecule has 0 amide bonds. The molecule has 15 heavy (non-hydrogen) atoms. The molecule has 3 rings (SSSR count). The van der Waals surface area contributed by atoms with Crippen LogP contribution in [-0.2, 0) is 0 Å². The predicted molar refractivity (Wildman–Crippen MR) is 64.6 cm³/mol. The van der Waals surface area contributed by atoms with Crippen LogP contribution < -0.4 is 0 Å². The maximum absolute atomic E-state index is 2.49. The minimum atomic E-state index is 0.638. The molecule has 3 aliphatic carbocycles. The molecule has 0 aromatic rings. The summed E-state index contributed by atoms with van der Waals surface area (Å²) >= 11 is 0. The minimum Gasteiger partial charge on any atom is -0.0676 e. The van der Waals surface area contributed by atoms with Gasteiger partial charge in [-0.15, -0.1) is 0 Å². The van der Waals surface area contributed by atoms with E-state index in [0.717, 1.165) is 23.7 Å². The average molecular weight is 204 g/mol. The zero-order valence-electron chi connectivity index (χ0n) is 10.6. The van der Waals surface area contributed by atoms with Gasteiger partial charge in [0.15, 0.2) is 0 Å². The van der Waals surface area contributed by atoms with E-state index in [0.29, 0.717) is 5.41 Å². The largest absolute Gasteiger partial charge is 0.0676 e. The van der Waals surface area contributed by atoms with Crippen LogP contribution in [0.3, 0.4) is 0 Å². The molecule has 84 valence electrons. The standard InChI is InChI=1S/C15H24/c1-9-6-8-12-14(15(12,3)4)13-10(2)5-7-11(9)13/h9-10,12,14H,5-8H2,1-4H3/t9-,10?,12+,14+/m1/s1. The number of allylic oxidation sites excluding steroid dienone is 2. The normalized spacial score (nSPS) is 47.2. The topological polar surface area (TPSA) is 0 Å². The number of hydrogen-bond acceptors (Lipinski definition) is 0. The summed E-state index contributed by atoms with van der Waals surface area (Å²) in [6, 6.07) is 0. The molecule has 0 heteroatoms. The quantitative estimate of drug-likeness (QED) is 0.513. The van der Waals surface area contributed by atoms with E-state index >= 15 is 0 Å². The average Bonchev–Trinajstić information content (AvgIpc) is 2.55. The van der Waals surface area contributed by atoms with Crippen LogP contribution in [-0.4, -0.2) is 0 Å². The Balaban J connectivity index is 2.02. The lowest BCUT2D eigenvalue weighted by atomic mass is 9.88. The van der Waals surface area contributed by atoms with Crippen molar-refractivity contribution in [3.05, 3.63) is 11.1 Å². The van der Waals surface area contributed by atoms with E-state index in [9.17, 15) is 0 Å². The summed E-state index contributed by atoms with van der Waals surface area (Å²) in [7, 11) is 0. The van der Waals surface area contributed by atoms with Crippen LogP contribution in [0, 0.1) is 29.1 Å². The Morgan fingerprint density at radius 3 is 2.47 bits per heavy atom. The monoisotopic (exact) mass is 204 g/mol. The minimum absolute atomic E-state index is 0.638. The smallest absolute Gasteiger partial charge is 0.0110 e. The van der Waals surface area contributed by atoms with Crippen molar-refractivity contribution in [3.63, 3.8) is 0 Å². The van der Waals surface area contributed by atoms with Gasteiger partial charge in [0.25, 0.3) is 0 Å². The van der Waals surface area contributed by atoms with Gasteiger partial charge in [-0.25, -0.2) is 0 Å². The van der Waals surface area contributed by atoms with E-state index in [-0.39, 0.29) is 0 Å². The summed E-state index contributed by atoms with van der Waals surface area (Å²) in [6.07, 6.45) is 5.79. The lowest BCUT2D eigenvalue weighted by molar-refractivity contribution is 0.471. The van der Waals surface area contributed by atoms with Crippen molar-refractivity contribution in [1.82, 2.24) is 0 Å².